The van der Waals surface area contributed by atoms with E-state index in [9.17, 15) is 4.79 Å². The third-order valence-corrected chi connectivity index (χ3v) is 5.91. The topological polar surface area (TPSA) is 99.8 Å². The van der Waals surface area contributed by atoms with E-state index in [4.69, 9.17) is 4.74 Å². The lowest BCUT2D eigenvalue weighted by Crippen LogP contribution is -2.17. The summed E-state index contributed by atoms with van der Waals surface area (Å²) in [5.74, 6) is 1.26. The number of hydrogen-bond donors (Lipinski definition) is 1. The van der Waals surface area contributed by atoms with Gasteiger partial charge < -0.3 is 10.1 Å². The Morgan fingerprint density at radius 3 is 2.67 bits per heavy atom. The Morgan fingerprint density at radius 1 is 1.00 bits per heavy atom. The van der Waals surface area contributed by atoms with Crippen molar-refractivity contribution in [2.24, 2.45) is 0 Å². The Morgan fingerprint density at radius 2 is 1.82 bits per heavy atom. The monoisotopic (exact) mass is 457 g/mol. The first-order valence-corrected chi connectivity index (χ1v) is 11.1. The number of ether oxygens (including phenoxy) is 1. The molecule has 0 fully saturated rings. The van der Waals surface area contributed by atoms with Crippen molar-refractivity contribution in [3.8, 4) is 17.1 Å². The molecular formula is C23H19N7O2S. The Balaban J connectivity index is 1.30. The molecule has 0 saturated carbocycles. The van der Waals surface area contributed by atoms with Crippen LogP contribution in [0.1, 0.15) is 0 Å². The Labute approximate surface area is 193 Å². The minimum absolute atomic E-state index is 0.138. The van der Waals surface area contributed by atoms with Gasteiger partial charge in [-0.05, 0) is 46.1 Å². The number of anilines is 1. The minimum atomic E-state index is -0.192. The van der Waals surface area contributed by atoms with Gasteiger partial charge in [0.05, 0.1) is 30.4 Å². The number of methoxy groups -OCH3 is 1. The van der Waals surface area contributed by atoms with Crippen LogP contribution >= 0.6 is 11.8 Å². The van der Waals surface area contributed by atoms with Gasteiger partial charge >= 0.3 is 0 Å². The lowest BCUT2D eigenvalue weighted by Gasteiger charge is -2.10. The molecule has 33 heavy (non-hydrogen) atoms. The minimum Gasteiger partial charge on any atom is -0.497 e. The summed E-state index contributed by atoms with van der Waals surface area (Å²) in [5, 5.41) is 21.9. The third kappa shape index (κ3) is 4.28. The van der Waals surface area contributed by atoms with Crippen molar-refractivity contribution in [2.45, 2.75) is 5.16 Å². The molecule has 0 radical (unpaired) electrons. The van der Waals surface area contributed by atoms with Gasteiger partial charge in [0.15, 0.2) is 0 Å². The van der Waals surface area contributed by atoms with E-state index in [2.05, 4.69) is 25.9 Å². The first-order valence-electron chi connectivity index (χ1n) is 10.1. The molecule has 0 aliphatic carbocycles. The zero-order valence-corrected chi connectivity index (χ0v) is 18.4. The predicted molar refractivity (Wildman–Crippen MR) is 126 cm³/mol. The summed E-state index contributed by atoms with van der Waals surface area (Å²) in [6.45, 7) is 0. The quantitative estimate of drug-likeness (QED) is 0.372. The van der Waals surface area contributed by atoms with E-state index in [1.165, 1.54) is 11.8 Å². The van der Waals surface area contributed by atoms with Crippen LogP contribution in [0, 0.1) is 0 Å². The van der Waals surface area contributed by atoms with Crippen molar-refractivity contribution in [1.29, 1.82) is 0 Å². The number of amides is 1. The van der Waals surface area contributed by atoms with Crippen molar-refractivity contribution in [2.75, 3.05) is 18.2 Å². The summed E-state index contributed by atoms with van der Waals surface area (Å²) in [5.41, 5.74) is 1.67. The molecule has 3 aromatic carbocycles. The van der Waals surface area contributed by atoms with Crippen molar-refractivity contribution in [1.82, 2.24) is 30.0 Å². The van der Waals surface area contributed by atoms with E-state index >= 15 is 0 Å². The van der Waals surface area contributed by atoms with Crippen molar-refractivity contribution in [3.63, 3.8) is 0 Å². The van der Waals surface area contributed by atoms with Gasteiger partial charge in [0.2, 0.25) is 11.1 Å². The standard InChI is InChI=1S/C23H19N7O2S/c1-32-18-11-9-17(10-12-18)29-21(13-14-24-29)25-22(31)15-33-23-26-27-28-30(23)20-8-4-6-16-5-2-3-7-19(16)20/h2-14H,15H2,1H3,(H,25,31). The predicted octanol–water partition coefficient (Wildman–Crippen LogP) is 3.74. The van der Waals surface area contributed by atoms with Gasteiger partial charge in [0.25, 0.3) is 0 Å². The van der Waals surface area contributed by atoms with Gasteiger partial charge in [-0.3, -0.25) is 4.79 Å². The zero-order valence-electron chi connectivity index (χ0n) is 17.6. The van der Waals surface area contributed by atoms with Crippen LogP contribution in [0.3, 0.4) is 0 Å². The molecule has 0 atom stereocenters. The Hall–Kier alpha value is -4.18. The van der Waals surface area contributed by atoms with Crippen LogP contribution in [0.4, 0.5) is 5.82 Å². The Kier molecular flexibility index (Phi) is 5.73. The molecule has 0 bridgehead atoms. The SMILES string of the molecule is COc1ccc(-n2nccc2NC(=O)CSc2nnnn2-c2cccc3ccccc23)cc1. The molecule has 0 aliphatic heterocycles. The highest BCUT2D eigenvalue weighted by Gasteiger charge is 2.15. The molecule has 5 aromatic rings. The number of rotatable bonds is 7. The number of fused-ring (bicyclic) bond motifs is 1. The molecule has 164 valence electrons. The number of carbonyl (C=O) groups excluding carboxylic acids is 1. The van der Waals surface area contributed by atoms with E-state index in [0.29, 0.717) is 11.0 Å². The Bertz CT molecular complexity index is 1410. The fraction of sp³-hybridized carbons (Fsp3) is 0.0870. The molecule has 2 heterocycles. The fourth-order valence-electron chi connectivity index (χ4n) is 3.45. The van der Waals surface area contributed by atoms with Crippen LogP contribution in [0.2, 0.25) is 0 Å². The number of carbonyl (C=O) groups is 1. The average Bonchev–Trinajstić information content (AvgIpc) is 3.52. The van der Waals surface area contributed by atoms with Crippen molar-refractivity contribution in [3.05, 3.63) is 79.0 Å². The first kappa shape index (κ1) is 20.7. The summed E-state index contributed by atoms with van der Waals surface area (Å²) in [6, 6.07) is 23.1. The number of nitrogens with zero attached hydrogens (tertiary/aromatic N) is 6. The first-order chi connectivity index (χ1) is 16.2. The second-order valence-corrected chi connectivity index (χ2v) is 7.98. The highest BCUT2D eigenvalue weighted by atomic mass is 32.2. The maximum Gasteiger partial charge on any atom is 0.236 e. The van der Waals surface area contributed by atoms with Crippen LogP contribution in [-0.2, 0) is 4.79 Å². The second-order valence-electron chi connectivity index (χ2n) is 7.03. The van der Waals surface area contributed by atoms with E-state index in [-0.39, 0.29) is 11.7 Å². The van der Waals surface area contributed by atoms with Gasteiger partial charge in [-0.25, -0.2) is 4.68 Å². The van der Waals surface area contributed by atoms with E-state index in [1.807, 2.05) is 66.7 Å². The zero-order chi connectivity index (χ0) is 22.6. The number of aromatic nitrogens is 6. The lowest BCUT2D eigenvalue weighted by molar-refractivity contribution is -0.113. The lowest BCUT2D eigenvalue weighted by atomic mass is 10.1. The number of benzene rings is 3. The number of nitrogens with one attached hydrogen (secondary N) is 1. The molecule has 0 spiro atoms. The molecule has 0 unspecified atom stereocenters. The molecular weight excluding hydrogens is 438 g/mol. The van der Waals surface area contributed by atoms with Crippen molar-refractivity contribution < 1.29 is 9.53 Å². The van der Waals surface area contributed by atoms with Gasteiger partial charge in [-0.1, -0.05) is 48.2 Å². The number of tetrazole rings is 1. The van der Waals surface area contributed by atoms with Crippen LogP contribution < -0.4 is 10.1 Å². The maximum absolute atomic E-state index is 12.7. The third-order valence-electron chi connectivity index (χ3n) is 5.00. The van der Waals surface area contributed by atoms with Crippen LogP contribution in [0.5, 0.6) is 5.75 Å². The summed E-state index contributed by atoms with van der Waals surface area (Å²) < 4.78 is 8.50. The van der Waals surface area contributed by atoms with Gasteiger partial charge in [-0.15, -0.1) is 5.10 Å². The molecule has 1 N–H and O–H groups in total. The van der Waals surface area contributed by atoms with Crippen LogP contribution in [0.25, 0.3) is 22.1 Å². The van der Waals surface area contributed by atoms with Gasteiger partial charge in [0, 0.05) is 11.5 Å². The van der Waals surface area contributed by atoms with E-state index in [0.717, 1.165) is 27.9 Å². The smallest absolute Gasteiger partial charge is 0.236 e. The second kappa shape index (κ2) is 9.13. The van der Waals surface area contributed by atoms with E-state index < -0.39 is 0 Å². The highest BCUT2D eigenvalue weighted by molar-refractivity contribution is 7.99. The molecule has 5 rings (SSSR count). The van der Waals surface area contributed by atoms with Gasteiger partial charge in [-0.2, -0.15) is 9.78 Å². The summed E-state index contributed by atoms with van der Waals surface area (Å²) in [7, 11) is 1.61. The maximum atomic E-state index is 12.7. The molecule has 10 heteroatoms. The fourth-order valence-corrected chi connectivity index (χ4v) is 4.13. The van der Waals surface area contributed by atoms with Crippen LogP contribution in [0.15, 0.2) is 84.1 Å². The summed E-state index contributed by atoms with van der Waals surface area (Å²) in [4.78, 5) is 12.7. The van der Waals surface area contributed by atoms with Crippen molar-refractivity contribution >= 4 is 34.3 Å². The van der Waals surface area contributed by atoms with E-state index in [1.54, 1.807) is 28.7 Å². The molecule has 0 aliphatic rings. The average molecular weight is 458 g/mol. The summed E-state index contributed by atoms with van der Waals surface area (Å²) in [6.07, 6.45) is 1.63. The normalized spacial score (nSPS) is 10.9. The number of thioether (sulfide) groups is 1. The molecule has 9 nitrogen and oxygen atoms in total. The summed E-state index contributed by atoms with van der Waals surface area (Å²) >= 11 is 1.26. The largest absolute Gasteiger partial charge is 0.497 e. The van der Waals surface area contributed by atoms with Crippen LogP contribution in [-0.4, -0.2) is 48.8 Å². The van der Waals surface area contributed by atoms with Gasteiger partial charge in [0.1, 0.15) is 11.6 Å². The highest BCUT2D eigenvalue weighted by Crippen LogP contribution is 2.25. The molecule has 0 saturated heterocycles. The number of hydrogen-bond acceptors (Lipinski definition) is 7. The molecule has 1 amide bonds. The molecule has 2 aromatic heterocycles.